The van der Waals surface area contributed by atoms with E-state index < -0.39 is 0 Å². The summed E-state index contributed by atoms with van der Waals surface area (Å²) >= 11 is 6.10. The number of aromatic nitrogens is 2. The van der Waals surface area contributed by atoms with Crippen molar-refractivity contribution < 1.29 is 4.79 Å². The Labute approximate surface area is 146 Å². The minimum atomic E-state index is 0.292. The Kier molecular flexibility index (Phi) is 4.27. The van der Waals surface area contributed by atoms with E-state index in [1.54, 1.807) is 6.33 Å². The molecule has 1 atom stereocenters. The van der Waals surface area contributed by atoms with Gasteiger partial charge in [0.15, 0.2) is 0 Å². The number of hydrogen-bond donors (Lipinski definition) is 0. The Balaban J connectivity index is 1.66. The Morgan fingerprint density at radius 2 is 2.08 bits per heavy atom. The highest BCUT2D eigenvalue weighted by molar-refractivity contribution is 6.31. The lowest BCUT2D eigenvalue weighted by molar-refractivity contribution is -0.127. The van der Waals surface area contributed by atoms with E-state index >= 15 is 0 Å². The van der Waals surface area contributed by atoms with E-state index in [1.807, 2.05) is 23.1 Å². The van der Waals surface area contributed by atoms with Crippen molar-refractivity contribution in [2.45, 2.75) is 38.1 Å². The smallest absolute Gasteiger partial charge is 0.222 e. The number of carbonyl (C=O) groups excluding carboxylic acids is 1. The molecular weight excluding hydrogens is 324 g/mol. The molecule has 5 nitrogen and oxygen atoms in total. The lowest BCUT2D eigenvalue weighted by Crippen LogP contribution is -2.47. The maximum absolute atomic E-state index is 12.0. The van der Waals surface area contributed by atoms with Crippen molar-refractivity contribution in [1.29, 1.82) is 0 Å². The van der Waals surface area contributed by atoms with Gasteiger partial charge in [-0.3, -0.25) is 4.79 Å². The quantitative estimate of drug-likeness (QED) is 0.857. The van der Waals surface area contributed by atoms with Crippen LogP contribution in [0.25, 0.3) is 10.9 Å². The van der Waals surface area contributed by atoms with E-state index in [4.69, 9.17) is 11.6 Å². The third-order valence-corrected chi connectivity index (χ3v) is 5.31. The molecule has 1 amide bonds. The molecule has 0 spiro atoms. The SMILES string of the molecule is O=C1CCCN1CC1CCCCN1c1ncnc2cc(Cl)ccc12. The Morgan fingerprint density at radius 3 is 2.92 bits per heavy atom. The third kappa shape index (κ3) is 2.93. The van der Waals surface area contributed by atoms with Crippen molar-refractivity contribution in [3.05, 3.63) is 29.5 Å². The zero-order valence-electron chi connectivity index (χ0n) is 13.6. The van der Waals surface area contributed by atoms with E-state index in [-0.39, 0.29) is 0 Å². The summed E-state index contributed by atoms with van der Waals surface area (Å²) in [6, 6.07) is 6.10. The average molecular weight is 345 g/mol. The van der Waals surface area contributed by atoms with E-state index in [0.29, 0.717) is 23.4 Å². The highest BCUT2D eigenvalue weighted by atomic mass is 35.5. The van der Waals surface area contributed by atoms with Gasteiger partial charge in [0.1, 0.15) is 12.1 Å². The van der Waals surface area contributed by atoms with Crippen molar-refractivity contribution in [3.63, 3.8) is 0 Å². The molecule has 0 aliphatic carbocycles. The van der Waals surface area contributed by atoms with E-state index in [9.17, 15) is 4.79 Å². The molecule has 0 N–H and O–H groups in total. The molecule has 4 rings (SSSR count). The second-order valence-corrected chi connectivity index (χ2v) is 7.08. The van der Waals surface area contributed by atoms with Gasteiger partial charge in [-0.2, -0.15) is 0 Å². The topological polar surface area (TPSA) is 49.3 Å². The van der Waals surface area contributed by atoms with Gasteiger partial charge in [0.25, 0.3) is 0 Å². The van der Waals surface area contributed by atoms with Crippen LogP contribution in [-0.4, -0.2) is 46.5 Å². The summed E-state index contributed by atoms with van der Waals surface area (Å²) in [5.74, 6) is 1.26. The Morgan fingerprint density at radius 1 is 1.17 bits per heavy atom. The summed E-state index contributed by atoms with van der Waals surface area (Å²) in [5.41, 5.74) is 0.870. The van der Waals surface area contributed by atoms with Crippen LogP contribution in [0.4, 0.5) is 5.82 Å². The first kappa shape index (κ1) is 15.6. The second kappa shape index (κ2) is 6.55. The first-order chi connectivity index (χ1) is 11.7. The minimum Gasteiger partial charge on any atom is -0.351 e. The maximum atomic E-state index is 12.0. The van der Waals surface area contributed by atoms with Crippen LogP contribution in [0.3, 0.4) is 0 Å². The number of amides is 1. The van der Waals surface area contributed by atoms with Gasteiger partial charge in [-0.1, -0.05) is 11.6 Å². The lowest BCUT2D eigenvalue weighted by atomic mass is 10.0. The average Bonchev–Trinajstić information content (AvgIpc) is 2.99. The molecule has 2 saturated heterocycles. The molecule has 1 aromatic heterocycles. The molecule has 126 valence electrons. The molecule has 6 heteroatoms. The Hall–Kier alpha value is -1.88. The van der Waals surface area contributed by atoms with E-state index in [2.05, 4.69) is 14.9 Å². The lowest BCUT2D eigenvalue weighted by Gasteiger charge is -2.39. The summed E-state index contributed by atoms with van der Waals surface area (Å²) in [6.07, 6.45) is 6.76. The number of rotatable bonds is 3. The Bertz CT molecular complexity index is 766. The van der Waals surface area contributed by atoms with Crippen LogP contribution in [0, 0.1) is 0 Å². The summed E-state index contributed by atoms with van der Waals surface area (Å²) < 4.78 is 0. The molecule has 2 fully saturated rings. The fourth-order valence-electron chi connectivity index (χ4n) is 3.87. The molecule has 2 aromatic rings. The van der Waals surface area contributed by atoms with Gasteiger partial charge in [0.05, 0.1) is 5.52 Å². The predicted octanol–water partition coefficient (Wildman–Crippen LogP) is 3.26. The zero-order valence-corrected chi connectivity index (χ0v) is 14.4. The molecule has 0 saturated carbocycles. The van der Waals surface area contributed by atoms with Crippen molar-refractivity contribution >= 4 is 34.2 Å². The van der Waals surface area contributed by atoms with Gasteiger partial charge in [0.2, 0.25) is 5.91 Å². The van der Waals surface area contributed by atoms with Crippen molar-refractivity contribution in [3.8, 4) is 0 Å². The number of likely N-dealkylation sites (tertiary alicyclic amines) is 1. The number of piperidine rings is 1. The van der Waals surface area contributed by atoms with Crippen LogP contribution < -0.4 is 4.90 Å². The molecule has 2 aliphatic heterocycles. The van der Waals surface area contributed by atoms with Crippen molar-refractivity contribution in [2.24, 2.45) is 0 Å². The van der Waals surface area contributed by atoms with Gasteiger partial charge >= 0.3 is 0 Å². The highest BCUT2D eigenvalue weighted by Gasteiger charge is 2.30. The number of nitrogens with zero attached hydrogens (tertiary/aromatic N) is 4. The van der Waals surface area contributed by atoms with Crippen LogP contribution in [0.5, 0.6) is 0 Å². The van der Waals surface area contributed by atoms with E-state index in [0.717, 1.165) is 55.6 Å². The summed E-state index contributed by atoms with van der Waals surface area (Å²) in [5, 5.41) is 1.71. The summed E-state index contributed by atoms with van der Waals surface area (Å²) in [7, 11) is 0. The van der Waals surface area contributed by atoms with Crippen molar-refractivity contribution in [1.82, 2.24) is 14.9 Å². The van der Waals surface area contributed by atoms with Crippen LogP contribution in [0.15, 0.2) is 24.5 Å². The van der Waals surface area contributed by atoms with E-state index in [1.165, 1.54) is 6.42 Å². The number of fused-ring (bicyclic) bond motifs is 1. The summed E-state index contributed by atoms with van der Waals surface area (Å²) in [6.45, 7) is 2.67. The van der Waals surface area contributed by atoms with Crippen LogP contribution in [0.1, 0.15) is 32.1 Å². The van der Waals surface area contributed by atoms with Crippen LogP contribution >= 0.6 is 11.6 Å². The first-order valence-corrected chi connectivity index (χ1v) is 9.05. The molecule has 0 bridgehead atoms. The molecule has 24 heavy (non-hydrogen) atoms. The van der Waals surface area contributed by atoms with Gasteiger partial charge in [-0.05, 0) is 43.9 Å². The minimum absolute atomic E-state index is 0.292. The molecule has 1 unspecified atom stereocenters. The first-order valence-electron chi connectivity index (χ1n) is 8.67. The number of anilines is 1. The van der Waals surface area contributed by atoms with Gasteiger partial charge in [0, 0.05) is 42.5 Å². The monoisotopic (exact) mass is 344 g/mol. The largest absolute Gasteiger partial charge is 0.351 e. The number of carbonyl (C=O) groups is 1. The summed E-state index contributed by atoms with van der Waals surface area (Å²) in [4.78, 5) is 25.3. The predicted molar refractivity (Wildman–Crippen MR) is 95.3 cm³/mol. The molecular formula is C18H21ClN4O. The second-order valence-electron chi connectivity index (χ2n) is 6.65. The standard InChI is InChI=1S/C18H21ClN4O/c19-13-6-7-15-16(10-13)20-12-21-18(15)23-9-2-1-4-14(23)11-22-8-3-5-17(22)24/h6-7,10,12,14H,1-5,8-9,11H2. The normalized spacial score (nSPS) is 21.7. The molecule has 2 aliphatic rings. The fraction of sp³-hybridized carbons (Fsp3) is 0.500. The molecule has 1 aromatic carbocycles. The van der Waals surface area contributed by atoms with Crippen LogP contribution in [0.2, 0.25) is 5.02 Å². The third-order valence-electron chi connectivity index (χ3n) is 5.08. The fourth-order valence-corrected chi connectivity index (χ4v) is 4.03. The van der Waals surface area contributed by atoms with Gasteiger partial charge in [-0.25, -0.2) is 9.97 Å². The van der Waals surface area contributed by atoms with Crippen molar-refractivity contribution in [2.75, 3.05) is 24.5 Å². The number of benzene rings is 1. The van der Waals surface area contributed by atoms with Crippen LogP contribution in [-0.2, 0) is 4.79 Å². The highest BCUT2D eigenvalue weighted by Crippen LogP contribution is 2.30. The molecule has 0 radical (unpaired) electrons. The number of halogens is 1. The zero-order chi connectivity index (χ0) is 16.5. The van der Waals surface area contributed by atoms with Gasteiger partial charge < -0.3 is 9.80 Å². The molecule has 3 heterocycles. The maximum Gasteiger partial charge on any atom is 0.222 e. The number of hydrogen-bond acceptors (Lipinski definition) is 4. The van der Waals surface area contributed by atoms with Gasteiger partial charge in [-0.15, -0.1) is 0 Å².